The Kier molecular flexibility index (Phi) is 6.23. The summed E-state index contributed by atoms with van der Waals surface area (Å²) in [5.41, 5.74) is 12.1. The van der Waals surface area contributed by atoms with Gasteiger partial charge in [0.15, 0.2) is 0 Å². The Morgan fingerprint density at radius 1 is 1.41 bits per heavy atom. The molecule has 17 heavy (non-hydrogen) atoms. The van der Waals surface area contributed by atoms with Gasteiger partial charge in [-0.25, -0.2) is 0 Å². The summed E-state index contributed by atoms with van der Waals surface area (Å²) in [5.74, 6) is -1.00. The second-order valence-electron chi connectivity index (χ2n) is 3.64. The number of nitrogens with two attached hydrogens (primary N) is 2. The lowest BCUT2D eigenvalue weighted by molar-refractivity contribution is -0.123. The van der Waals surface area contributed by atoms with Gasteiger partial charge in [0.05, 0.1) is 12.5 Å². The highest BCUT2D eigenvalue weighted by Crippen LogP contribution is 2.09. The molecule has 0 aliphatic rings. The molecule has 1 unspecified atom stereocenters. The molecule has 0 fully saturated rings. The van der Waals surface area contributed by atoms with Crippen LogP contribution in [-0.4, -0.2) is 17.9 Å². The number of amides is 2. The summed E-state index contributed by atoms with van der Waals surface area (Å²) in [6.07, 6.45) is -0.155. The molecule has 5 N–H and O–H groups in total. The fourth-order valence-electron chi connectivity index (χ4n) is 1.27. The van der Waals surface area contributed by atoms with Gasteiger partial charge < -0.3 is 16.8 Å². The average molecular weight is 258 g/mol. The van der Waals surface area contributed by atoms with E-state index in [-0.39, 0.29) is 18.8 Å². The van der Waals surface area contributed by atoms with Crippen LogP contribution < -0.4 is 16.8 Å². The van der Waals surface area contributed by atoms with Gasteiger partial charge in [-0.1, -0.05) is 12.1 Å². The third kappa shape index (κ3) is 5.33. The molecular weight excluding hydrogens is 242 g/mol. The highest BCUT2D eigenvalue weighted by molar-refractivity contribution is 5.97. The van der Waals surface area contributed by atoms with Crippen LogP contribution in [0.5, 0.6) is 0 Å². The Morgan fingerprint density at radius 3 is 2.59 bits per heavy atom. The zero-order valence-corrected chi connectivity index (χ0v) is 10.3. The minimum Gasteiger partial charge on any atom is -0.370 e. The molecule has 1 atom stereocenters. The van der Waals surface area contributed by atoms with Gasteiger partial charge in [0.1, 0.15) is 0 Å². The fraction of sp³-hybridized carbons (Fsp3) is 0.273. The highest BCUT2D eigenvalue weighted by Gasteiger charge is 2.15. The second-order valence-corrected chi connectivity index (χ2v) is 3.64. The van der Waals surface area contributed by atoms with Crippen molar-refractivity contribution in [3.63, 3.8) is 0 Å². The minimum atomic E-state index is -0.905. The normalized spacial score (nSPS) is 11.2. The van der Waals surface area contributed by atoms with Crippen LogP contribution in [0.25, 0.3) is 0 Å². The number of carbonyl (C=O) groups is 2. The van der Waals surface area contributed by atoms with Crippen molar-refractivity contribution in [1.29, 1.82) is 0 Å². The standard InChI is InChI=1S/C11H15N3O2.ClH/c1-7-3-2-4-8(5-7)14-11(16)9(12)6-10(13)15;/h2-5,9H,6,12H2,1H3,(H2,13,15)(H,14,16);1H. The first-order valence-corrected chi connectivity index (χ1v) is 4.90. The van der Waals surface area contributed by atoms with Gasteiger partial charge in [-0.3, -0.25) is 9.59 Å². The van der Waals surface area contributed by atoms with Crippen molar-refractivity contribution in [2.75, 3.05) is 5.32 Å². The molecule has 1 rings (SSSR count). The molecule has 0 saturated carbocycles. The van der Waals surface area contributed by atoms with Crippen LogP contribution in [0.2, 0.25) is 0 Å². The van der Waals surface area contributed by atoms with Gasteiger partial charge in [-0.2, -0.15) is 0 Å². The van der Waals surface area contributed by atoms with E-state index in [0.717, 1.165) is 5.56 Å². The van der Waals surface area contributed by atoms with Gasteiger partial charge in [-0.15, -0.1) is 12.4 Å². The van der Waals surface area contributed by atoms with Crippen LogP contribution >= 0.6 is 12.4 Å². The molecule has 1 aromatic carbocycles. The maximum absolute atomic E-state index is 11.5. The lowest BCUT2D eigenvalue weighted by atomic mass is 10.2. The first kappa shape index (κ1) is 15.4. The number of anilines is 1. The quantitative estimate of drug-likeness (QED) is 0.735. The van der Waals surface area contributed by atoms with Gasteiger partial charge in [-0.05, 0) is 24.6 Å². The summed E-state index contributed by atoms with van der Waals surface area (Å²) in [5, 5.41) is 2.62. The van der Waals surface area contributed by atoms with E-state index in [9.17, 15) is 9.59 Å². The van der Waals surface area contributed by atoms with Crippen molar-refractivity contribution >= 4 is 29.9 Å². The van der Waals surface area contributed by atoms with E-state index in [2.05, 4.69) is 5.32 Å². The van der Waals surface area contributed by atoms with Gasteiger partial charge in [0.25, 0.3) is 0 Å². The van der Waals surface area contributed by atoms with E-state index in [1.165, 1.54) is 0 Å². The van der Waals surface area contributed by atoms with Crippen molar-refractivity contribution < 1.29 is 9.59 Å². The SMILES string of the molecule is Cc1cccc(NC(=O)C(N)CC(N)=O)c1.Cl. The van der Waals surface area contributed by atoms with E-state index >= 15 is 0 Å². The van der Waals surface area contributed by atoms with Crippen molar-refractivity contribution in [2.24, 2.45) is 11.5 Å². The van der Waals surface area contributed by atoms with Crippen LogP contribution in [0.3, 0.4) is 0 Å². The van der Waals surface area contributed by atoms with Crippen LogP contribution in [0.1, 0.15) is 12.0 Å². The topological polar surface area (TPSA) is 98.2 Å². The molecule has 0 aliphatic heterocycles. The summed E-state index contributed by atoms with van der Waals surface area (Å²) in [7, 11) is 0. The van der Waals surface area contributed by atoms with E-state index < -0.39 is 17.9 Å². The number of halogens is 1. The number of primary amides is 1. The Morgan fingerprint density at radius 2 is 2.06 bits per heavy atom. The lowest BCUT2D eigenvalue weighted by Gasteiger charge is -2.10. The Bertz CT molecular complexity index is 409. The maximum atomic E-state index is 11.5. The third-order valence-electron chi connectivity index (χ3n) is 2.04. The first-order chi connectivity index (χ1) is 7.49. The van der Waals surface area contributed by atoms with E-state index in [1.54, 1.807) is 6.07 Å². The molecule has 0 aliphatic carbocycles. The lowest BCUT2D eigenvalue weighted by Crippen LogP contribution is -2.38. The zero-order chi connectivity index (χ0) is 12.1. The van der Waals surface area contributed by atoms with Crippen molar-refractivity contribution in [3.05, 3.63) is 29.8 Å². The fourth-order valence-corrected chi connectivity index (χ4v) is 1.27. The van der Waals surface area contributed by atoms with Gasteiger partial charge >= 0.3 is 0 Å². The van der Waals surface area contributed by atoms with Crippen LogP contribution in [0.15, 0.2) is 24.3 Å². The minimum absolute atomic E-state index is 0. The monoisotopic (exact) mass is 257 g/mol. The van der Waals surface area contributed by atoms with Crippen LogP contribution in [0.4, 0.5) is 5.69 Å². The average Bonchev–Trinajstić information content (AvgIpc) is 2.16. The Labute approximate surface area is 106 Å². The molecule has 0 spiro atoms. The number of carbonyl (C=O) groups excluding carboxylic acids is 2. The molecule has 6 heteroatoms. The third-order valence-corrected chi connectivity index (χ3v) is 2.04. The number of hydrogen-bond donors (Lipinski definition) is 3. The molecular formula is C11H16ClN3O2. The van der Waals surface area contributed by atoms with Crippen molar-refractivity contribution in [2.45, 2.75) is 19.4 Å². The summed E-state index contributed by atoms with van der Waals surface area (Å²) >= 11 is 0. The number of nitrogens with one attached hydrogen (secondary N) is 1. The summed E-state index contributed by atoms with van der Waals surface area (Å²) in [4.78, 5) is 22.1. The molecule has 0 heterocycles. The predicted molar refractivity (Wildman–Crippen MR) is 68.8 cm³/mol. The second kappa shape index (κ2) is 6.88. The Hall–Kier alpha value is -1.59. The molecule has 0 aromatic heterocycles. The van der Waals surface area contributed by atoms with Gasteiger partial charge in [0.2, 0.25) is 11.8 Å². The molecule has 0 saturated heterocycles. The molecule has 1 aromatic rings. The number of rotatable bonds is 4. The van der Waals surface area contributed by atoms with E-state index in [0.29, 0.717) is 5.69 Å². The van der Waals surface area contributed by atoms with Crippen molar-refractivity contribution in [3.8, 4) is 0 Å². The van der Waals surface area contributed by atoms with Crippen LogP contribution in [0, 0.1) is 6.92 Å². The molecule has 0 radical (unpaired) electrons. The van der Waals surface area contributed by atoms with E-state index in [1.807, 2.05) is 25.1 Å². The maximum Gasteiger partial charge on any atom is 0.241 e. The summed E-state index contributed by atoms with van der Waals surface area (Å²) < 4.78 is 0. The van der Waals surface area contributed by atoms with E-state index in [4.69, 9.17) is 11.5 Å². The molecule has 0 bridgehead atoms. The largest absolute Gasteiger partial charge is 0.370 e. The first-order valence-electron chi connectivity index (χ1n) is 4.90. The molecule has 94 valence electrons. The summed E-state index contributed by atoms with van der Waals surface area (Å²) in [6.45, 7) is 1.92. The van der Waals surface area contributed by atoms with Crippen molar-refractivity contribution in [1.82, 2.24) is 0 Å². The zero-order valence-electron chi connectivity index (χ0n) is 9.47. The molecule has 5 nitrogen and oxygen atoms in total. The van der Waals surface area contributed by atoms with Crippen LogP contribution in [-0.2, 0) is 9.59 Å². The number of hydrogen-bond acceptors (Lipinski definition) is 3. The number of aryl methyl sites for hydroxylation is 1. The predicted octanol–water partition coefficient (Wildman–Crippen LogP) is 0.558. The smallest absolute Gasteiger partial charge is 0.241 e. The summed E-state index contributed by atoms with van der Waals surface area (Å²) in [6, 6.07) is 6.40. The Balaban J connectivity index is 0.00000256. The molecule has 2 amide bonds. The van der Waals surface area contributed by atoms with Gasteiger partial charge in [0, 0.05) is 5.69 Å². The number of benzene rings is 1. The highest BCUT2D eigenvalue weighted by atomic mass is 35.5.